The molecule has 0 N–H and O–H groups in total. The van der Waals surface area contributed by atoms with E-state index in [-0.39, 0.29) is 0 Å². The van der Waals surface area contributed by atoms with Gasteiger partial charge in [-0.05, 0) is 42.5 Å². The van der Waals surface area contributed by atoms with Crippen LogP contribution < -0.4 is 0 Å². The van der Waals surface area contributed by atoms with E-state index < -0.39 is 0 Å². The van der Waals surface area contributed by atoms with Crippen LogP contribution in [-0.2, 0) is 0 Å². The number of hydrogen-bond acceptors (Lipinski definition) is 1. The van der Waals surface area contributed by atoms with Gasteiger partial charge in [0.15, 0.2) is 0 Å². The van der Waals surface area contributed by atoms with Gasteiger partial charge in [0.2, 0.25) is 0 Å². The summed E-state index contributed by atoms with van der Waals surface area (Å²) in [5.74, 6) is 0.767. The van der Waals surface area contributed by atoms with Gasteiger partial charge in [-0.15, -0.1) is 0 Å². The van der Waals surface area contributed by atoms with Crippen molar-refractivity contribution in [2.45, 2.75) is 31.6 Å². The lowest BCUT2D eigenvalue weighted by atomic mass is 9.96. The Morgan fingerprint density at radius 1 is 0.833 bits per heavy atom. The number of para-hydroxylation sites is 1. The number of furan rings is 1. The summed E-state index contributed by atoms with van der Waals surface area (Å²) in [7, 11) is 0. The molecule has 0 amide bonds. The fraction of sp³-hybridized carbons (Fsp3) is 0.294. The molecule has 1 aromatic heterocycles. The van der Waals surface area contributed by atoms with Crippen molar-refractivity contribution >= 4 is 21.9 Å². The molecular formula is C17H16O. The summed E-state index contributed by atoms with van der Waals surface area (Å²) in [6.07, 6.45) is 5.46. The third kappa shape index (κ3) is 1.47. The minimum Gasteiger partial charge on any atom is -0.456 e. The topological polar surface area (TPSA) is 13.1 Å². The number of fused-ring (bicyclic) bond motifs is 3. The highest BCUT2D eigenvalue weighted by Gasteiger charge is 2.18. The van der Waals surface area contributed by atoms with Crippen LogP contribution in [0.2, 0.25) is 0 Å². The Morgan fingerprint density at radius 3 is 2.50 bits per heavy atom. The van der Waals surface area contributed by atoms with Crippen LogP contribution >= 0.6 is 0 Å². The monoisotopic (exact) mass is 236 g/mol. The summed E-state index contributed by atoms with van der Waals surface area (Å²) in [6.45, 7) is 0. The molecule has 1 saturated carbocycles. The van der Waals surface area contributed by atoms with E-state index in [1.807, 2.05) is 12.1 Å². The Hall–Kier alpha value is -1.76. The third-order valence-electron chi connectivity index (χ3n) is 4.23. The van der Waals surface area contributed by atoms with Crippen LogP contribution in [-0.4, -0.2) is 0 Å². The molecule has 3 aromatic rings. The van der Waals surface area contributed by atoms with Gasteiger partial charge in [-0.1, -0.05) is 37.1 Å². The second kappa shape index (κ2) is 3.88. The van der Waals surface area contributed by atoms with Crippen molar-refractivity contribution in [3.63, 3.8) is 0 Å². The Morgan fingerprint density at radius 2 is 1.61 bits per heavy atom. The molecular weight excluding hydrogens is 220 g/mol. The van der Waals surface area contributed by atoms with Gasteiger partial charge in [0.05, 0.1) is 0 Å². The Labute approximate surface area is 106 Å². The summed E-state index contributed by atoms with van der Waals surface area (Å²) < 4.78 is 5.87. The summed E-state index contributed by atoms with van der Waals surface area (Å²) in [5.41, 5.74) is 3.50. The Bertz CT molecular complexity index is 702. The Kier molecular flexibility index (Phi) is 2.19. The zero-order valence-corrected chi connectivity index (χ0v) is 10.4. The van der Waals surface area contributed by atoms with Gasteiger partial charge >= 0.3 is 0 Å². The first kappa shape index (κ1) is 10.2. The third-order valence-corrected chi connectivity index (χ3v) is 4.23. The van der Waals surface area contributed by atoms with Gasteiger partial charge in [0.25, 0.3) is 0 Å². The SMILES string of the molecule is c1ccc2c(c1)oc1ccc(C3CCCC3)cc12. The standard InChI is InChI=1S/C17H16O/c1-2-6-12(5-1)13-9-10-17-15(11-13)14-7-3-4-8-16(14)18-17/h3-4,7-12H,1-2,5-6H2. The van der Waals surface area contributed by atoms with E-state index in [4.69, 9.17) is 4.42 Å². The normalized spacial score (nSPS) is 16.9. The van der Waals surface area contributed by atoms with E-state index >= 15 is 0 Å². The molecule has 0 saturated heterocycles. The smallest absolute Gasteiger partial charge is 0.135 e. The summed E-state index contributed by atoms with van der Waals surface area (Å²) in [4.78, 5) is 0. The molecule has 0 spiro atoms. The Balaban J connectivity index is 1.94. The molecule has 1 nitrogen and oxygen atoms in total. The highest BCUT2D eigenvalue weighted by Crippen LogP contribution is 2.37. The number of benzene rings is 2. The molecule has 1 fully saturated rings. The average Bonchev–Trinajstić information content (AvgIpc) is 3.05. The zero-order chi connectivity index (χ0) is 11.9. The van der Waals surface area contributed by atoms with Crippen molar-refractivity contribution in [3.05, 3.63) is 48.0 Å². The van der Waals surface area contributed by atoms with Crippen LogP contribution in [0.25, 0.3) is 21.9 Å². The van der Waals surface area contributed by atoms with E-state index in [1.165, 1.54) is 42.0 Å². The molecule has 0 bridgehead atoms. The molecule has 0 unspecified atom stereocenters. The highest BCUT2D eigenvalue weighted by atomic mass is 16.3. The van der Waals surface area contributed by atoms with Crippen molar-refractivity contribution in [3.8, 4) is 0 Å². The van der Waals surface area contributed by atoms with Crippen LogP contribution in [0.1, 0.15) is 37.2 Å². The quantitative estimate of drug-likeness (QED) is 0.563. The second-order valence-electron chi connectivity index (χ2n) is 5.34. The molecule has 90 valence electrons. The fourth-order valence-electron chi connectivity index (χ4n) is 3.26. The predicted molar refractivity (Wildman–Crippen MR) is 74.9 cm³/mol. The van der Waals surface area contributed by atoms with Crippen LogP contribution in [0.4, 0.5) is 0 Å². The van der Waals surface area contributed by atoms with E-state index in [1.54, 1.807) is 0 Å². The lowest BCUT2D eigenvalue weighted by molar-refractivity contribution is 0.667. The first-order chi connectivity index (χ1) is 8.92. The molecule has 18 heavy (non-hydrogen) atoms. The largest absolute Gasteiger partial charge is 0.456 e. The van der Waals surface area contributed by atoms with E-state index in [9.17, 15) is 0 Å². The van der Waals surface area contributed by atoms with Crippen molar-refractivity contribution in [1.82, 2.24) is 0 Å². The van der Waals surface area contributed by atoms with Crippen molar-refractivity contribution in [2.75, 3.05) is 0 Å². The second-order valence-corrected chi connectivity index (χ2v) is 5.34. The van der Waals surface area contributed by atoms with Gasteiger partial charge in [-0.2, -0.15) is 0 Å². The van der Waals surface area contributed by atoms with E-state index in [0.29, 0.717) is 0 Å². The molecule has 1 aliphatic rings. The first-order valence-corrected chi connectivity index (χ1v) is 6.83. The maximum atomic E-state index is 5.87. The van der Waals surface area contributed by atoms with Gasteiger partial charge in [-0.25, -0.2) is 0 Å². The van der Waals surface area contributed by atoms with Crippen molar-refractivity contribution < 1.29 is 4.42 Å². The van der Waals surface area contributed by atoms with Gasteiger partial charge in [0, 0.05) is 10.8 Å². The van der Waals surface area contributed by atoms with Gasteiger partial charge in [-0.3, -0.25) is 0 Å². The van der Waals surface area contributed by atoms with Crippen LogP contribution in [0.15, 0.2) is 46.9 Å². The van der Waals surface area contributed by atoms with E-state index in [2.05, 4.69) is 30.3 Å². The van der Waals surface area contributed by atoms with Crippen LogP contribution in [0, 0.1) is 0 Å². The number of hydrogen-bond donors (Lipinski definition) is 0. The number of rotatable bonds is 1. The van der Waals surface area contributed by atoms with Crippen LogP contribution in [0.5, 0.6) is 0 Å². The molecule has 0 radical (unpaired) electrons. The molecule has 4 rings (SSSR count). The zero-order valence-electron chi connectivity index (χ0n) is 10.4. The predicted octanol–water partition coefficient (Wildman–Crippen LogP) is 5.24. The summed E-state index contributed by atoms with van der Waals surface area (Å²) in [5, 5.41) is 2.52. The lowest BCUT2D eigenvalue weighted by Gasteiger charge is -2.08. The molecule has 0 aliphatic heterocycles. The van der Waals surface area contributed by atoms with Crippen LogP contribution in [0.3, 0.4) is 0 Å². The minimum atomic E-state index is 0.767. The van der Waals surface area contributed by atoms with Gasteiger partial charge < -0.3 is 4.42 Å². The van der Waals surface area contributed by atoms with Crippen molar-refractivity contribution in [1.29, 1.82) is 0 Å². The molecule has 0 atom stereocenters. The molecule has 1 aliphatic carbocycles. The van der Waals surface area contributed by atoms with Gasteiger partial charge in [0.1, 0.15) is 11.2 Å². The average molecular weight is 236 g/mol. The summed E-state index contributed by atoms with van der Waals surface area (Å²) in [6, 6.07) is 15.0. The molecule has 2 aromatic carbocycles. The molecule has 1 heteroatoms. The fourth-order valence-corrected chi connectivity index (χ4v) is 3.26. The minimum absolute atomic E-state index is 0.767. The highest BCUT2D eigenvalue weighted by molar-refractivity contribution is 6.05. The summed E-state index contributed by atoms with van der Waals surface area (Å²) >= 11 is 0. The molecule has 1 heterocycles. The van der Waals surface area contributed by atoms with E-state index in [0.717, 1.165) is 17.1 Å². The van der Waals surface area contributed by atoms with Crippen molar-refractivity contribution in [2.24, 2.45) is 0 Å². The lowest BCUT2D eigenvalue weighted by Crippen LogP contribution is -1.90. The first-order valence-electron chi connectivity index (χ1n) is 6.83. The maximum absolute atomic E-state index is 5.87. The maximum Gasteiger partial charge on any atom is 0.135 e.